The summed E-state index contributed by atoms with van der Waals surface area (Å²) in [5, 5.41) is 17.9. The zero-order valence-corrected chi connectivity index (χ0v) is 12.2. The third-order valence-electron chi connectivity index (χ3n) is 3.63. The van der Waals surface area contributed by atoms with Crippen molar-refractivity contribution in [1.82, 2.24) is 14.8 Å². The van der Waals surface area contributed by atoms with E-state index in [1.807, 2.05) is 0 Å². The van der Waals surface area contributed by atoms with E-state index in [-0.39, 0.29) is 5.75 Å². The molecule has 1 fully saturated rings. The van der Waals surface area contributed by atoms with Crippen molar-refractivity contribution in [3.8, 4) is 0 Å². The SMILES string of the molecule is CCn1c(CC2CCCCC2)nnc1SCC(=O)O. The van der Waals surface area contributed by atoms with Gasteiger partial charge in [0.15, 0.2) is 5.16 Å². The van der Waals surface area contributed by atoms with Crippen LogP contribution >= 0.6 is 11.8 Å². The van der Waals surface area contributed by atoms with Crippen molar-refractivity contribution in [3.05, 3.63) is 5.82 Å². The van der Waals surface area contributed by atoms with E-state index in [9.17, 15) is 4.79 Å². The van der Waals surface area contributed by atoms with Gasteiger partial charge in [0.05, 0.1) is 5.75 Å². The van der Waals surface area contributed by atoms with E-state index in [2.05, 4.69) is 21.7 Å². The molecule has 0 saturated heterocycles. The van der Waals surface area contributed by atoms with E-state index in [0.717, 1.165) is 29.9 Å². The summed E-state index contributed by atoms with van der Waals surface area (Å²) < 4.78 is 2.06. The van der Waals surface area contributed by atoms with Crippen LogP contribution in [0.4, 0.5) is 0 Å². The Bertz CT molecular complexity index is 428. The predicted octanol–water partition coefficient (Wildman–Crippen LogP) is 2.60. The van der Waals surface area contributed by atoms with Crippen molar-refractivity contribution in [1.29, 1.82) is 0 Å². The van der Waals surface area contributed by atoms with E-state index < -0.39 is 5.97 Å². The van der Waals surface area contributed by atoms with E-state index in [0.29, 0.717) is 0 Å². The number of carboxylic acid groups (broad SMARTS) is 1. The molecular formula is C13H21N3O2S. The van der Waals surface area contributed by atoms with E-state index in [1.165, 1.54) is 43.9 Å². The van der Waals surface area contributed by atoms with Gasteiger partial charge in [-0.15, -0.1) is 10.2 Å². The number of carboxylic acids is 1. The minimum atomic E-state index is -0.815. The molecule has 1 saturated carbocycles. The summed E-state index contributed by atoms with van der Waals surface area (Å²) in [6.45, 7) is 2.86. The zero-order chi connectivity index (χ0) is 13.7. The average molecular weight is 283 g/mol. The summed E-state index contributed by atoms with van der Waals surface area (Å²) in [6.07, 6.45) is 7.56. The monoisotopic (exact) mass is 283 g/mol. The van der Waals surface area contributed by atoms with E-state index in [4.69, 9.17) is 5.11 Å². The molecule has 1 aromatic heterocycles. The largest absolute Gasteiger partial charge is 0.481 e. The number of hydrogen-bond donors (Lipinski definition) is 1. The molecule has 1 aliphatic carbocycles. The van der Waals surface area contributed by atoms with Crippen molar-refractivity contribution >= 4 is 17.7 Å². The van der Waals surface area contributed by atoms with Crippen LogP contribution in [0.3, 0.4) is 0 Å². The summed E-state index contributed by atoms with van der Waals surface area (Å²) in [7, 11) is 0. The quantitative estimate of drug-likeness (QED) is 0.813. The van der Waals surface area contributed by atoms with Crippen LogP contribution in [0.1, 0.15) is 44.9 Å². The maximum Gasteiger partial charge on any atom is 0.313 e. The van der Waals surface area contributed by atoms with Gasteiger partial charge < -0.3 is 9.67 Å². The van der Waals surface area contributed by atoms with Crippen LogP contribution in [0.2, 0.25) is 0 Å². The van der Waals surface area contributed by atoms with Gasteiger partial charge in [0.25, 0.3) is 0 Å². The summed E-state index contributed by atoms with van der Waals surface area (Å²) in [5.41, 5.74) is 0. The number of rotatable bonds is 6. The molecule has 19 heavy (non-hydrogen) atoms. The van der Waals surface area contributed by atoms with Gasteiger partial charge in [-0.1, -0.05) is 43.9 Å². The van der Waals surface area contributed by atoms with Gasteiger partial charge in [0.2, 0.25) is 0 Å². The van der Waals surface area contributed by atoms with Crippen LogP contribution in [0.15, 0.2) is 5.16 Å². The lowest BCUT2D eigenvalue weighted by Crippen LogP contribution is -2.13. The van der Waals surface area contributed by atoms with Crippen molar-refractivity contribution in [2.75, 3.05) is 5.75 Å². The fourth-order valence-corrected chi connectivity index (χ4v) is 3.41. The smallest absolute Gasteiger partial charge is 0.313 e. The number of thioether (sulfide) groups is 1. The number of nitrogens with zero attached hydrogens (tertiary/aromatic N) is 3. The molecule has 0 aliphatic heterocycles. The van der Waals surface area contributed by atoms with Crippen LogP contribution in [0.5, 0.6) is 0 Å². The fraction of sp³-hybridized carbons (Fsp3) is 0.769. The van der Waals surface area contributed by atoms with Crippen molar-refractivity contribution in [3.63, 3.8) is 0 Å². The number of hydrogen-bond acceptors (Lipinski definition) is 4. The average Bonchev–Trinajstić information content (AvgIpc) is 2.79. The van der Waals surface area contributed by atoms with Crippen LogP contribution in [0, 0.1) is 5.92 Å². The number of aromatic nitrogens is 3. The first-order chi connectivity index (χ1) is 9.20. The first-order valence-corrected chi connectivity index (χ1v) is 7.96. The van der Waals surface area contributed by atoms with Gasteiger partial charge in [-0.2, -0.15) is 0 Å². The van der Waals surface area contributed by atoms with Crippen LogP contribution in [0.25, 0.3) is 0 Å². The topological polar surface area (TPSA) is 68.0 Å². The highest BCUT2D eigenvalue weighted by Gasteiger charge is 2.19. The fourth-order valence-electron chi connectivity index (χ4n) is 2.67. The molecule has 0 atom stereocenters. The van der Waals surface area contributed by atoms with Gasteiger partial charge >= 0.3 is 5.97 Å². The first kappa shape index (κ1) is 14.4. The Kier molecular flexibility index (Phi) is 5.24. The molecular weight excluding hydrogens is 262 g/mol. The van der Waals surface area contributed by atoms with Gasteiger partial charge in [0, 0.05) is 13.0 Å². The van der Waals surface area contributed by atoms with Gasteiger partial charge in [-0.25, -0.2) is 0 Å². The van der Waals surface area contributed by atoms with Gasteiger partial charge in [0.1, 0.15) is 5.82 Å². The Hall–Kier alpha value is -1.04. The molecule has 5 nitrogen and oxygen atoms in total. The van der Waals surface area contributed by atoms with E-state index in [1.54, 1.807) is 0 Å². The third-order valence-corrected chi connectivity index (χ3v) is 4.58. The predicted molar refractivity (Wildman–Crippen MR) is 74.3 cm³/mol. The van der Waals surface area contributed by atoms with Crippen LogP contribution < -0.4 is 0 Å². The maximum absolute atomic E-state index is 10.6. The Morgan fingerprint density at radius 1 is 1.37 bits per heavy atom. The maximum atomic E-state index is 10.6. The molecule has 6 heteroatoms. The minimum Gasteiger partial charge on any atom is -0.481 e. The highest BCUT2D eigenvalue weighted by atomic mass is 32.2. The lowest BCUT2D eigenvalue weighted by Gasteiger charge is -2.21. The van der Waals surface area contributed by atoms with E-state index >= 15 is 0 Å². The summed E-state index contributed by atoms with van der Waals surface area (Å²) in [6, 6.07) is 0. The van der Waals surface area contributed by atoms with Crippen LogP contribution in [-0.2, 0) is 17.8 Å². The molecule has 1 aliphatic rings. The van der Waals surface area contributed by atoms with Crippen molar-refractivity contribution in [2.24, 2.45) is 5.92 Å². The number of carbonyl (C=O) groups is 1. The standard InChI is InChI=1S/C13H21N3O2S/c1-2-16-11(8-10-6-4-3-5-7-10)14-15-13(16)19-9-12(17)18/h10H,2-9H2,1H3,(H,17,18). The van der Waals surface area contributed by atoms with Crippen molar-refractivity contribution < 1.29 is 9.90 Å². The second kappa shape index (κ2) is 6.93. The molecule has 106 valence electrons. The summed E-state index contributed by atoms with van der Waals surface area (Å²) in [5.74, 6) is 0.967. The minimum absolute atomic E-state index is 0.0432. The third kappa shape index (κ3) is 3.96. The zero-order valence-electron chi connectivity index (χ0n) is 11.3. The normalized spacial score (nSPS) is 16.7. The van der Waals surface area contributed by atoms with Gasteiger partial charge in [-0.05, 0) is 12.8 Å². The molecule has 2 rings (SSSR count). The Labute approximate surface area is 117 Å². The Balaban J connectivity index is 2.01. The van der Waals surface area contributed by atoms with Gasteiger partial charge in [-0.3, -0.25) is 4.79 Å². The molecule has 0 bridgehead atoms. The molecule has 0 amide bonds. The molecule has 0 unspecified atom stereocenters. The van der Waals surface area contributed by atoms with Crippen molar-refractivity contribution in [2.45, 2.75) is 57.1 Å². The summed E-state index contributed by atoms with van der Waals surface area (Å²) in [4.78, 5) is 10.6. The molecule has 1 N–H and O–H groups in total. The Morgan fingerprint density at radius 3 is 2.74 bits per heavy atom. The molecule has 1 heterocycles. The highest BCUT2D eigenvalue weighted by Crippen LogP contribution is 2.27. The molecule has 0 spiro atoms. The highest BCUT2D eigenvalue weighted by molar-refractivity contribution is 7.99. The number of aliphatic carboxylic acids is 1. The Morgan fingerprint density at radius 2 is 2.11 bits per heavy atom. The first-order valence-electron chi connectivity index (χ1n) is 6.97. The lowest BCUT2D eigenvalue weighted by atomic mass is 9.87. The second-order valence-electron chi connectivity index (χ2n) is 5.03. The molecule has 0 aromatic carbocycles. The molecule has 1 aromatic rings. The summed E-state index contributed by atoms with van der Waals surface area (Å²) >= 11 is 1.25. The molecule has 0 radical (unpaired) electrons. The lowest BCUT2D eigenvalue weighted by molar-refractivity contribution is -0.133. The van der Waals surface area contributed by atoms with Crippen LogP contribution in [-0.4, -0.2) is 31.6 Å². The second-order valence-corrected chi connectivity index (χ2v) is 5.98.